The van der Waals surface area contributed by atoms with E-state index in [0.717, 1.165) is 0 Å². The van der Waals surface area contributed by atoms with Crippen molar-refractivity contribution in [2.24, 2.45) is 0 Å². The van der Waals surface area contributed by atoms with E-state index in [9.17, 15) is 18.8 Å². The van der Waals surface area contributed by atoms with Crippen molar-refractivity contribution in [3.05, 3.63) is 28.5 Å². The number of carbonyl (C=O) groups is 3. The van der Waals surface area contributed by atoms with Crippen molar-refractivity contribution in [3.63, 3.8) is 0 Å². The molecule has 0 aliphatic carbocycles. The Labute approximate surface area is 134 Å². The van der Waals surface area contributed by atoms with Gasteiger partial charge in [-0.15, -0.1) is 0 Å². The van der Waals surface area contributed by atoms with Crippen molar-refractivity contribution in [1.29, 1.82) is 0 Å². The molecule has 2 N–H and O–H groups in total. The Balaban J connectivity index is 1.91. The summed E-state index contributed by atoms with van der Waals surface area (Å²) in [5, 5.41) is 4.80. The summed E-state index contributed by atoms with van der Waals surface area (Å²) in [6.07, 6.45) is -0.509. The number of hydrogen-bond acceptors (Lipinski definition) is 4. The highest BCUT2D eigenvalue weighted by atomic mass is 79.9. The predicted octanol–water partition coefficient (Wildman–Crippen LogP) is 1.74. The summed E-state index contributed by atoms with van der Waals surface area (Å²) in [5.74, 6) is -2.16. The highest BCUT2D eigenvalue weighted by Crippen LogP contribution is 2.19. The van der Waals surface area contributed by atoms with E-state index in [1.165, 1.54) is 19.1 Å². The Kier molecular flexibility index (Phi) is 5.12. The Morgan fingerprint density at radius 2 is 2.23 bits per heavy atom. The largest absolute Gasteiger partial charge is 0.451 e. The van der Waals surface area contributed by atoms with Crippen LogP contribution in [0.1, 0.15) is 19.8 Å². The van der Waals surface area contributed by atoms with E-state index in [4.69, 9.17) is 4.74 Å². The van der Waals surface area contributed by atoms with Crippen LogP contribution in [0.25, 0.3) is 0 Å². The summed E-state index contributed by atoms with van der Waals surface area (Å²) < 4.78 is 19.1. The normalized spacial score (nSPS) is 18.5. The SMILES string of the molecule is C[C@H](OC(=O)[C@H]1CCC(=O)N1)C(=O)Nc1ccc(Br)cc1F. The van der Waals surface area contributed by atoms with Crippen molar-refractivity contribution in [3.8, 4) is 0 Å². The molecule has 1 heterocycles. The van der Waals surface area contributed by atoms with Gasteiger partial charge in [-0.05, 0) is 31.5 Å². The highest BCUT2D eigenvalue weighted by Gasteiger charge is 2.30. The van der Waals surface area contributed by atoms with Gasteiger partial charge in [0.05, 0.1) is 5.69 Å². The lowest BCUT2D eigenvalue weighted by Crippen LogP contribution is -2.39. The van der Waals surface area contributed by atoms with Gasteiger partial charge in [-0.1, -0.05) is 15.9 Å². The Hall–Kier alpha value is -1.96. The molecule has 0 bridgehead atoms. The summed E-state index contributed by atoms with van der Waals surface area (Å²) >= 11 is 3.11. The lowest BCUT2D eigenvalue weighted by atomic mass is 10.2. The molecular formula is C14H14BrFN2O4. The van der Waals surface area contributed by atoms with E-state index < -0.39 is 29.8 Å². The fourth-order valence-corrected chi connectivity index (χ4v) is 2.26. The zero-order chi connectivity index (χ0) is 16.3. The number of hydrogen-bond donors (Lipinski definition) is 2. The fraction of sp³-hybridized carbons (Fsp3) is 0.357. The van der Waals surface area contributed by atoms with Gasteiger partial charge in [0.1, 0.15) is 11.9 Å². The third-order valence-corrected chi connectivity index (χ3v) is 3.62. The lowest BCUT2D eigenvalue weighted by Gasteiger charge is -2.16. The number of esters is 1. The quantitative estimate of drug-likeness (QED) is 0.788. The first-order chi connectivity index (χ1) is 10.4. The van der Waals surface area contributed by atoms with Gasteiger partial charge < -0.3 is 15.4 Å². The minimum Gasteiger partial charge on any atom is -0.451 e. The van der Waals surface area contributed by atoms with Gasteiger partial charge >= 0.3 is 5.97 Å². The van der Waals surface area contributed by atoms with Gasteiger partial charge in [0.2, 0.25) is 5.91 Å². The second-order valence-electron chi connectivity index (χ2n) is 4.85. The van der Waals surface area contributed by atoms with Gasteiger partial charge in [0.25, 0.3) is 5.91 Å². The average molecular weight is 373 g/mol. The van der Waals surface area contributed by atoms with Crippen LogP contribution < -0.4 is 10.6 Å². The molecule has 118 valence electrons. The Morgan fingerprint density at radius 1 is 1.50 bits per heavy atom. The molecular weight excluding hydrogens is 359 g/mol. The fourth-order valence-electron chi connectivity index (χ4n) is 1.93. The molecule has 0 radical (unpaired) electrons. The number of ether oxygens (including phenoxy) is 1. The number of halogens is 2. The number of nitrogens with one attached hydrogen (secondary N) is 2. The monoisotopic (exact) mass is 372 g/mol. The third kappa shape index (κ3) is 4.03. The smallest absolute Gasteiger partial charge is 0.329 e. The molecule has 1 aromatic carbocycles. The number of carbonyl (C=O) groups excluding carboxylic acids is 3. The third-order valence-electron chi connectivity index (χ3n) is 3.13. The average Bonchev–Trinajstić information content (AvgIpc) is 2.88. The molecule has 22 heavy (non-hydrogen) atoms. The van der Waals surface area contributed by atoms with Crippen LogP contribution in [0.5, 0.6) is 0 Å². The van der Waals surface area contributed by atoms with Crippen molar-refractivity contribution in [2.45, 2.75) is 31.9 Å². The topological polar surface area (TPSA) is 84.5 Å². The van der Waals surface area contributed by atoms with Gasteiger partial charge in [-0.2, -0.15) is 0 Å². The van der Waals surface area contributed by atoms with Gasteiger partial charge in [-0.25, -0.2) is 9.18 Å². The summed E-state index contributed by atoms with van der Waals surface area (Å²) in [6.45, 7) is 1.38. The molecule has 8 heteroatoms. The molecule has 0 saturated carbocycles. The number of benzene rings is 1. The van der Waals surface area contributed by atoms with Crippen LogP contribution in [0.2, 0.25) is 0 Å². The second kappa shape index (κ2) is 6.87. The molecule has 2 atom stereocenters. The summed E-state index contributed by atoms with van der Waals surface area (Å²) in [6, 6.07) is 3.44. The zero-order valence-electron chi connectivity index (χ0n) is 11.7. The minimum absolute atomic E-state index is 0.00901. The van der Waals surface area contributed by atoms with Gasteiger partial charge in [-0.3, -0.25) is 9.59 Å². The molecule has 0 aromatic heterocycles. The van der Waals surface area contributed by atoms with E-state index in [-0.39, 0.29) is 18.0 Å². The van der Waals surface area contributed by atoms with Crippen LogP contribution >= 0.6 is 15.9 Å². The maximum absolute atomic E-state index is 13.6. The van der Waals surface area contributed by atoms with Crippen molar-refractivity contribution >= 4 is 39.4 Å². The molecule has 2 rings (SSSR count). The molecule has 0 unspecified atom stereocenters. The molecule has 0 spiro atoms. The lowest BCUT2D eigenvalue weighted by molar-refractivity contribution is -0.155. The predicted molar refractivity (Wildman–Crippen MR) is 79.4 cm³/mol. The first-order valence-electron chi connectivity index (χ1n) is 6.62. The van der Waals surface area contributed by atoms with E-state index in [2.05, 4.69) is 26.6 Å². The van der Waals surface area contributed by atoms with E-state index >= 15 is 0 Å². The minimum atomic E-state index is -1.10. The Morgan fingerprint density at radius 3 is 2.82 bits per heavy atom. The molecule has 1 aromatic rings. The molecule has 1 aliphatic rings. The Bertz CT molecular complexity index is 623. The second-order valence-corrected chi connectivity index (χ2v) is 5.77. The molecule has 2 amide bonds. The van der Waals surface area contributed by atoms with Crippen LogP contribution in [0.3, 0.4) is 0 Å². The number of anilines is 1. The first-order valence-corrected chi connectivity index (χ1v) is 7.42. The first kappa shape index (κ1) is 16.4. The summed E-state index contributed by atoms with van der Waals surface area (Å²) in [4.78, 5) is 34.7. The van der Waals surface area contributed by atoms with Crippen LogP contribution in [0.4, 0.5) is 10.1 Å². The van der Waals surface area contributed by atoms with Crippen LogP contribution in [0, 0.1) is 5.82 Å². The van der Waals surface area contributed by atoms with E-state index in [1.807, 2.05) is 0 Å². The maximum Gasteiger partial charge on any atom is 0.329 e. The van der Waals surface area contributed by atoms with Gasteiger partial charge in [0, 0.05) is 10.9 Å². The van der Waals surface area contributed by atoms with Gasteiger partial charge in [0.15, 0.2) is 6.10 Å². The van der Waals surface area contributed by atoms with Crippen molar-refractivity contribution in [2.75, 3.05) is 5.32 Å². The van der Waals surface area contributed by atoms with E-state index in [0.29, 0.717) is 10.9 Å². The maximum atomic E-state index is 13.6. The molecule has 1 fully saturated rings. The standard InChI is InChI=1S/C14H14BrFN2O4/c1-7(22-14(21)11-4-5-12(19)17-11)13(20)18-10-3-2-8(15)6-9(10)16/h2-3,6-7,11H,4-5H2,1H3,(H,17,19)(H,18,20)/t7-,11+/m0/s1. The summed E-state index contributed by atoms with van der Waals surface area (Å²) in [5.41, 5.74) is -0.00901. The van der Waals surface area contributed by atoms with Crippen molar-refractivity contribution < 1.29 is 23.5 Å². The van der Waals surface area contributed by atoms with Crippen LogP contribution in [0.15, 0.2) is 22.7 Å². The van der Waals surface area contributed by atoms with E-state index in [1.54, 1.807) is 6.07 Å². The molecule has 1 saturated heterocycles. The van der Waals surface area contributed by atoms with Crippen LogP contribution in [-0.4, -0.2) is 29.9 Å². The van der Waals surface area contributed by atoms with Crippen molar-refractivity contribution in [1.82, 2.24) is 5.32 Å². The number of amides is 2. The molecule has 1 aliphatic heterocycles. The molecule has 6 nitrogen and oxygen atoms in total. The number of rotatable bonds is 4. The summed E-state index contributed by atoms with van der Waals surface area (Å²) in [7, 11) is 0. The van der Waals surface area contributed by atoms with Crippen LogP contribution in [-0.2, 0) is 19.1 Å². The zero-order valence-corrected chi connectivity index (χ0v) is 13.3. The highest BCUT2D eigenvalue weighted by molar-refractivity contribution is 9.10.